The first-order valence-electron chi connectivity index (χ1n) is 6.04. The molecule has 0 spiro atoms. The number of quaternary nitrogens is 1. The second-order valence-corrected chi connectivity index (χ2v) is 5.48. The van der Waals surface area contributed by atoms with Crippen molar-refractivity contribution in [2.24, 2.45) is 11.8 Å². The van der Waals surface area contributed by atoms with E-state index in [0.717, 1.165) is 36.3 Å². The first kappa shape index (κ1) is 11.1. The standard InChI is InChI=1S/C11H21N3S/c1-8-4-3-5-10(9(8)2)14-6-12-11(15)13-7-14/h8-10H,3-7H2,1-2H3,(H2,12,13,15)/p+1/t8-,9-,10+/m1/s1. The Morgan fingerprint density at radius 1 is 1.20 bits per heavy atom. The van der Waals surface area contributed by atoms with Gasteiger partial charge in [0.2, 0.25) is 0 Å². The Morgan fingerprint density at radius 2 is 1.87 bits per heavy atom. The van der Waals surface area contributed by atoms with E-state index < -0.39 is 0 Å². The molecular formula is C11H22N3S+. The maximum Gasteiger partial charge on any atom is 0.174 e. The van der Waals surface area contributed by atoms with Crippen LogP contribution in [0.25, 0.3) is 0 Å². The molecule has 3 nitrogen and oxygen atoms in total. The van der Waals surface area contributed by atoms with Crippen LogP contribution >= 0.6 is 12.2 Å². The summed E-state index contributed by atoms with van der Waals surface area (Å²) in [6.45, 7) is 6.79. The molecule has 1 aliphatic heterocycles. The molecular weight excluding hydrogens is 206 g/mol. The van der Waals surface area contributed by atoms with Crippen molar-refractivity contribution in [2.45, 2.75) is 39.2 Å². The molecule has 4 heteroatoms. The molecule has 0 amide bonds. The van der Waals surface area contributed by atoms with E-state index >= 15 is 0 Å². The van der Waals surface area contributed by atoms with Crippen molar-refractivity contribution in [1.29, 1.82) is 0 Å². The molecule has 0 aromatic rings. The highest BCUT2D eigenvalue weighted by atomic mass is 32.1. The summed E-state index contributed by atoms with van der Waals surface area (Å²) in [5.41, 5.74) is 0. The summed E-state index contributed by atoms with van der Waals surface area (Å²) in [5, 5.41) is 7.31. The Kier molecular flexibility index (Phi) is 3.46. The molecule has 3 N–H and O–H groups in total. The Morgan fingerprint density at radius 3 is 2.53 bits per heavy atom. The van der Waals surface area contributed by atoms with Gasteiger partial charge >= 0.3 is 0 Å². The number of hydrogen-bond acceptors (Lipinski definition) is 1. The molecule has 0 aromatic heterocycles. The van der Waals surface area contributed by atoms with Crippen LogP contribution in [0.15, 0.2) is 0 Å². The van der Waals surface area contributed by atoms with Gasteiger partial charge in [-0.2, -0.15) is 0 Å². The Bertz CT molecular complexity index is 234. The van der Waals surface area contributed by atoms with Crippen LogP contribution in [0.3, 0.4) is 0 Å². The molecule has 1 saturated heterocycles. The third-order valence-electron chi connectivity index (χ3n) is 4.18. The molecule has 15 heavy (non-hydrogen) atoms. The van der Waals surface area contributed by atoms with Gasteiger partial charge in [-0.3, -0.25) is 4.90 Å². The lowest BCUT2D eigenvalue weighted by Crippen LogP contribution is -3.21. The molecule has 86 valence electrons. The van der Waals surface area contributed by atoms with Gasteiger partial charge in [0.15, 0.2) is 18.4 Å². The van der Waals surface area contributed by atoms with Gasteiger partial charge in [-0.05, 0) is 37.4 Å². The van der Waals surface area contributed by atoms with Gasteiger partial charge in [-0.15, -0.1) is 0 Å². The maximum absolute atomic E-state index is 5.08. The number of hydrogen-bond donors (Lipinski definition) is 3. The summed E-state index contributed by atoms with van der Waals surface area (Å²) in [7, 11) is 0. The molecule has 1 saturated carbocycles. The molecule has 2 rings (SSSR count). The average Bonchev–Trinajstić information content (AvgIpc) is 2.24. The van der Waals surface area contributed by atoms with Crippen molar-refractivity contribution >= 4 is 17.3 Å². The summed E-state index contributed by atoms with van der Waals surface area (Å²) in [4.78, 5) is 1.63. The van der Waals surface area contributed by atoms with Crippen molar-refractivity contribution in [1.82, 2.24) is 10.6 Å². The van der Waals surface area contributed by atoms with Crippen molar-refractivity contribution in [2.75, 3.05) is 13.3 Å². The maximum atomic E-state index is 5.08. The normalized spacial score (nSPS) is 38.3. The number of nitrogens with one attached hydrogen (secondary N) is 3. The van der Waals surface area contributed by atoms with E-state index in [4.69, 9.17) is 12.2 Å². The monoisotopic (exact) mass is 228 g/mol. The van der Waals surface area contributed by atoms with E-state index in [2.05, 4.69) is 24.5 Å². The second kappa shape index (κ2) is 4.66. The van der Waals surface area contributed by atoms with E-state index in [9.17, 15) is 0 Å². The van der Waals surface area contributed by atoms with Gasteiger partial charge in [0.1, 0.15) is 0 Å². The van der Waals surface area contributed by atoms with E-state index in [0.29, 0.717) is 0 Å². The minimum atomic E-state index is 0.803. The predicted octanol–water partition coefficient (Wildman–Crippen LogP) is 0.0887. The lowest BCUT2D eigenvalue weighted by atomic mass is 9.77. The summed E-state index contributed by atoms with van der Waals surface area (Å²) in [6, 6.07) is 0.803. The zero-order chi connectivity index (χ0) is 10.8. The predicted molar refractivity (Wildman–Crippen MR) is 65.5 cm³/mol. The molecule has 0 unspecified atom stereocenters. The third kappa shape index (κ3) is 2.42. The molecule has 3 atom stereocenters. The molecule has 1 heterocycles. The minimum Gasteiger partial charge on any atom is -0.316 e. The van der Waals surface area contributed by atoms with Crippen LogP contribution in [0.5, 0.6) is 0 Å². The summed E-state index contributed by atoms with van der Waals surface area (Å²) >= 11 is 5.08. The van der Waals surface area contributed by atoms with Crippen LogP contribution in [0.1, 0.15) is 33.1 Å². The molecule has 0 radical (unpaired) electrons. The van der Waals surface area contributed by atoms with Crippen molar-refractivity contribution in [3.05, 3.63) is 0 Å². The van der Waals surface area contributed by atoms with Gasteiger partial charge in [0, 0.05) is 5.92 Å². The fraction of sp³-hybridized carbons (Fsp3) is 0.909. The largest absolute Gasteiger partial charge is 0.316 e. The van der Waals surface area contributed by atoms with Crippen LogP contribution in [-0.2, 0) is 0 Å². The van der Waals surface area contributed by atoms with Crippen LogP contribution in [-0.4, -0.2) is 24.5 Å². The fourth-order valence-electron chi connectivity index (χ4n) is 2.93. The molecule has 2 fully saturated rings. The van der Waals surface area contributed by atoms with Crippen molar-refractivity contribution in [3.63, 3.8) is 0 Å². The lowest BCUT2D eigenvalue weighted by Gasteiger charge is -2.40. The van der Waals surface area contributed by atoms with E-state index in [1.165, 1.54) is 19.3 Å². The van der Waals surface area contributed by atoms with E-state index in [1.807, 2.05) is 0 Å². The van der Waals surface area contributed by atoms with E-state index in [-0.39, 0.29) is 0 Å². The van der Waals surface area contributed by atoms with Gasteiger partial charge in [-0.25, -0.2) is 0 Å². The van der Waals surface area contributed by atoms with E-state index in [1.54, 1.807) is 4.90 Å². The topological polar surface area (TPSA) is 28.5 Å². The van der Waals surface area contributed by atoms with Crippen LogP contribution in [0.2, 0.25) is 0 Å². The minimum absolute atomic E-state index is 0.803. The van der Waals surface area contributed by atoms with Crippen LogP contribution in [0, 0.1) is 11.8 Å². The van der Waals surface area contributed by atoms with Crippen molar-refractivity contribution in [3.8, 4) is 0 Å². The SMILES string of the molecule is C[C@@H]1[C@H](C)CCC[C@@H]1[NH+]1CNC(=S)NC1. The first-order valence-corrected chi connectivity index (χ1v) is 6.45. The van der Waals surface area contributed by atoms with Crippen LogP contribution in [0.4, 0.5) is 0 Å². The quantitative estimate of drug-likeness (QED) is 0.556. The van der Waals surface area contributed by atoms with Gasteiger partial charge in [0.05, 0.1) is 6.04 Å². The summed E-state index contributed by atoms with van der Waals surface area (Å²) < 4.78 is 0. The lowest BCUT2D eigenvalue weighted by molar-refractivity contribution is -0.936. The highest BCUT2D eigenvalue weighted by molar-refractivity contribution is 7.80. The molecule has 2 aliphatic rings. The zero-order valence-electron chi connectivity index (χ0n) is 9.68. The summed E-state index contributed by atoms with van der Waals surface area (Å²) in [6.07, 6.45) is 4.17. The number of rotatable bonds is 1. The molecule has 1 aliphatic carbocycles. The molecule has 0 aromatic carbocycles. The van der Waals surface area contributed by atoms with Gasteiger partial charge in [-0.1, -0.05) is 13.8 Å². The summed E-state index contributed by atoms with van der Waals surface area (Å²) in [5.74, 6) is 1.72. The Balaban J connectivity index is 1.94. The Labute approximate surface area is 97.6 Å². The smallest absolute Gasteiger partial charge is 0.174 e. The first-order chi connectivity index (χ1) is 7.18. The van der Waals surface area contributed by atoms with Gasteiger partial charge in [0.25, 0.3) is 0 Å². The zero-order valence-corrected chi connectivity index (χ0v) is 10.5. The highest BCUT2D eigenvalue weighted by Gasteiger charge is 2.35. The Hall–Kier alpha value is -0.350. The van der Waals surface area contributed by atoms with Gasteiger partial charge < -0.3 is 10.6 Å². The molecule has 0 bridgehead atoms. The second-order valence-electron chi connectivity index (χ2n) is 5.07. The van der Waals surface area contributed by atoms with Crippen molar-refractivity contribution < 1.29 is 4.90 Å². The fourth-order valence-corrected chi connectivity index (χ4v) is 3.08. The third-order valence-corrected chi connectivity index (χ3v) is 4.47. The highest BCUT2D eigenvalue weighted by Crippen LogP contribution is 2.27. The average molecular weight is 228 g/mol. The van der Waals surface area contributed by atoms with Crippen LogP contribution < -0.4 is 15.5 Å². The number of thiocarbonyl (C=S) groups is 1.